The van der Waals surface area contributed by atoms with Gasteiger partial charge in [-0.2, -0.15) is 0 Å². The zero-order chi connectivity index (χ0) is 9.42. The van der Waals surface area contributed by atoms with Crippen molar-refractivity contribution >= 4 is 33.3 Å². The highest BCUT2D eigenvalue weighted by Gasteiger charge is 2.32. The van der Waals surface area contributed by atoms with Crippen LogP contribution in [0.4, 0.5) is 5.82 Å². The Morgan fingerprint density at radius 3 is 2.92 bits per heavy atom. The number of rotatable bonds is 2. The quantitative estimate of drug-likeness (QED) is 0.883. The molecule has 1 aliphatic rings. The molecule has 0 unspecified atom stereocenters. The van der Waals surface area contributed by atoms with Crippen LogP contribution in [0.2, 0.25) is 5.02 Å². The molecule has 1 N–H and O–H groups in total. The molecule has 1 heterocycles. The first-order chi connectivity index (χ1) is 6.16. The molecule has 0 aliphatic heterocycles. The summed E-state index contributed by atoms with van der Waals surface area (Å²) in [5, 5.41) is 4.00. The largest absolute Gasteiger partial charge is 0.366 e. The van der Waals surface area contributed by atoms with Crippen molar-refractivity contribution in [2.75, 3.05) is 5.32 Å². The predicted octanol–water partition coefficient (Wildman–Crippen LogP) is 3.32. The van der Waals surface area contributed by atoms with Gasteiger partial charge in [-0.15, -0.1) is 0 Å². The van der Waals surface area contributed by atoms with E-state index in [-0.39, 0.29) is 0 Å². The van der Waals surface area contributed by atoms with Gasteiger partial charge in [-0.1, -0.05) is 18.5 Å². The maximum atomic E-state index is 5.78. The molecule has 1 saturated carbocycles. The van der Waals surface area contributed by atoms with E-state index in [1.807, 2.05) is 6.07 Å². The van der Waals surface area contributed by atoms with Crippen LogP contribution in [0.5, 0.6) is 0 Å². The van der Waals surface area contributed by atoms with Gasteiger partial charge in [0, 0.05) is 12.2 Å². The molecule has 0 radical (unpaired) electrons. The highest BCUT2D eigenvalue weighted by molar-refractivity contribution is 9.10. The third kappa shape index (κ3) is 2.15. The third-order valence-corrected chi connectivity index (χ3v) is 3.05. The van der Waals surface area contributed by atoms with E-state index in [1.165, 1.54) is 6.42 Å². The van der Waals surface area contributed by atoms with Crippen molar-refractivity contribution in [3.8, 4) is 0 Å². The van der Waals surface area contributed by atoms with E-state index in [0.29, 0.717) is 11.1 Å². The third-order valence-electron chi connectivity index (χ3n) is 2.24. The van der Waals surface area contributed by atoms with Crippen molar-refractivity contribution in [2.45, 2.75) is 19.4 Å². The number of nitrogens with zero attached hydrogens (tertiary/aromatic N) is 1. The molecule has 1 aromatic heterocycles. The van der Waals surface area contributed by atoms with Gasteiger partial charge in [-0.25, -0.2) is 4.98 Å². The lowest BCUT2D eigenvalue weighted by molar-refractivity contribution is 0.923. The van der Waals surface area contributed by atoms with Gasteiger partial charge >= 0.3 is 0 Å². The van der Waals surface area contributed by atoms with Crippen molar-refractivity contribution in [3.63, 3.8) is 0 Å². The van der Waals surface area contributed by atoms with Crippen LogP contribution >= 0.6 is 27.5 Å². The van der Waals surface area contributed by atoms with Crippen LogP contribution in [-0.4, -0.2) is 11.0 Å². The topological polar surface area (TPSA) is 24.9 Å². The van der Waals surface area contributed by atoms with Gasteiger partial charge in [-0.3, -0.25) is 0 Å². The summed E-state index contributed by atoms with van der Waals surface area (Å²) in [5.74, 6) is 1.66. The minimum atomic E-state index is 0.588. The molecular weight excluding hydrogens is 251 g/mol. The molecule has 0 aromatic carbocycles. The first-order valence-corrected chi connectivity index (χ1v) is 5.41. The molecule has 13 heavy (non-hydrogen) atoms. The van der Waals surface area contributed by atoms with Crippen LogP contribution in [0.1, 0.15) is 13.3 Å². The number of nitrogens with one attached hydrogen (secondary N) is 1. The second kappa shape index (κ2) is 3.46. The average Bonchev–Trinajstić information content (AvgIpc) is 2.73. The number of hydrogen-bond donors (Lipinski definition) is 1. The fourth-order valence-electron chi connectivity index (χ4n) is 1.22. The molecule has 0 spiro atoms. The Labute approximate surface area is 90.8 Å². The summed E-state index contributed by atoms with van der Waals surface area (Å²) >= 11 is 9.19. The minimum absolute atomic E-state index is 0.588. The maximum Gasteiger partial charge on any atom is 0.140 e. The Morgan fingerprint density at radius 1 is 1.69 bits per heavy atom. The molecule has 0 saturated heterocycles. The zero-order valence-electron chi connectivity index (χ0n) is 7.22. The van der Waals surface area contributed by atoms with Crippen LogP contribution in [0, 0.1) is 5.92 Å². The van der Waals surface area contributed by atoms with Crippen LogP contribution < -0.4 is 5.32 Å². The van der Waals surface area contributed by atoms with Crippen molar-refractivity contribution in [2.24, 2.45) is 5.92 Å². The van der Waals surface area contributed by atoms with Gasteiger partial charge in [0.05, 0.1) is 9.50 Å². The van der Waals surface area contributed by atoms with Crippen molar-refractivity contribution < 1.29 is 0 Å². The van der Waals surface area contributed by atoms with E-state index in [0.717, 1.165) is 16.2 Å². The number of pyridine rings is 1. The van der Waals surface area contributed by atoms with E-state index >= 15 is 0 Å². The molecule has 0 amide bonds. The van der Waals surface area contributed by atoms with E-state index < -0.39 is 0 Å². The highest BCUT2D eigenvalue weighted by atomic mass is 79.9. The normalized spacial score (nSPS) is 25.8. The van der Waals surface area contributed by atoms with E-state index in [4.69, 9.17) is 11.6 Å². The smallest absolute Gasteiger partial charge is 0.140 e. The second-order valence-corrected chi connectivity index (χ2v) is 4.74. The lowest BCUT2D eigenvalue weighted by atomic mass is 10.4. The van der Waals surface area contributed by atoms with Crippen LogP contribution in [0.3, 0.4) is 0 Å². The Morgan fingerprint density at radius 2 is 2.38 bits per heavy atom. The van der Waals surface area contributed by atoms with Crippen molar-refractivity contribution in [3.05, 3.63) is 21.8 Å². The molecule has 1 aromatic rings. The Hall–Kier alpha value is -0.280. The zero-order valence-corrected chi connectivity index (χ0v) is 9.56. The molecular formula is C9H10BrClN2. The molecule has 2 atom stereocenters. The van der Waals surface area contributed by atoms with Crippen LogP contribution in [0.15, 0.2) is 16.7 Å². The van der Waals surface area contributed by atoms with E-state index in [2.05, 4.69) is 33.2 Å². The van der Waals surface area contributed by atoms with Crippen LogP contribution in [0.25, 0.3) is 0 Å². The number of hydrogen-bond acceptors (Lipinski definition) is 2. The van der Waals surface area contributed by atoms with E-state index in [1.54, 1.807) is 6.20 Å². The fourth-order valence-corrected chi connectivity index (χ4v) is 1.97. The Balaban J connectivity index is 2.11. The Bertz CT molecular complexity index is 329. The maximum absolute atomic E-state index is 5.78. The lowest BCUT2D eigenvalue weighted by Gasteiger charge is -2.05. The number of anilines is 1. The molecule has 2 nitrogen and oxygen atoms in total. The molecule has 70 valence electrons. The SMILES string of the molecule is C[C@@H]1C[C@H]1Nc1ncc(Cl)cc1Br. The highest BCUT2D eigenvalue weighted by Crippen LogP contribution is 2.34. The van der Waals surface area contributed by atoms with Gasteiger partial charge < -0.3 is 5.32 Å². The van der Waals surface area contributed by atoms with Gasteiger partial charge in [0.25, 0.3) is 0 Å². The van der Waals surface area contributed by atoms with Gasteiger partial charge in [0.2, 0.25) is 0 Å². The molecule has 4 heteroatoms. The minimum Gasteiger partial charge on any atom is -0.366 e. The summed E-state index contributed by atoms with van der Waals surface area (Å²) < 4.78 is 0.930. The van der Waals surface area contributed by atoms with Crippen LogP contribution in [-0.2, 0) is 0 Å². The second-order valence-electron chi connectivity index (χ2n) is 3.45. The van der Waals surface area contributed by atoms with Gasteiger partial charge in [0.15, 0.2) is 0 Å². The Kier molecular flexibility index (Phi) is 2.47. The monoisotopic (exact) mass is 260 g/mol. The molecule has 0 bridgehead atoms. The van der Waals surface area contributed by atoms with E-state index in [9.17, 15) is 0 Å². The average molecular weight is 262 g/mol. The summed E-state index contributed by atoms with van der Waals surface area (Å²) in [6.07, 6.45) is 2.89. The standard InChI is InChI=1S/C9H10BrClN2/c1-5-2-8(5)13-9-7(10)3-6(11)4-12-9/h3-5,8H,2H2,1H3,(H,12,13)/t5-,8-/m1/s1. The van der Waals surface area contributed by atoms with Gasteiger partial charge in [-0.05, 0) is 34.3 Å². The molecule has 2 rings (SSSR count). The number of halogens is 2. The van der Waals surface area contributed by atoms with Crippen molar-refractivity contribution in [1.29, 1.82) is 0 Å². The fraction of sp³-hybridized carbons (Fsp3) is 0.444. The predicted molar refractivity (Wildman–Crippen MR) is 58.1 cm³/mol. The summed E-state index contributed by atoms with van der Waals surface area (Å²) in [5.41, 5.74) is 0. The molecule has 1 fully saturated rings. The summed E-state index contributed by atoms with van der Waals surface area (Å²) in [7, 11) is 0. The van der Waals surface area contributed by atoms with Gasteiger partial charge in [0.1, 0.15) is 5.82 Å². The van der Waals surface area contributed by atoms with Crippen molar-refractivity contribution in [1.82, 2.24) is 4.98 Å². The number of aromatic nitrogens is 1. The molecule has 1 aliphatic carbocycles. The first-order valence-electron chi connectivity index (χ1n) is 4.24. The first kappa shape index (κ1) is 9.28. The summed E-state index contributed by atoms with van der Waals surface area (Å²) in [4.78, 5) is 4.20. The summed E-state index contributed by atoms with van der Waals surface area (Å²) in [6, 6.07) is 2.44. The summed E-state index contributed by atoms with van der Waals surface area (Å²) in [6.45, 7) is 2.22. The lowest BCUT2D eigenvalue weighted by Crippen LogP contribution is -2.05.